The molecule has 36 heavy (non-hydrogen) atoms. The molecule has 2 nitrogen and oxygen atoms in total. The zero-order valence-corrected chi connectivity index (χ0v) is 21.9. The smallest absolute Gasteiger partial charge is 0.0645 e. The van der Waals surface area contributed by atoms with Gasteiger partial charge in [0.25, 0.3) is 0 Å². The lowest BCUT2D eigenvalue weighted by Gasteiger charge is -2.44. The number of benzene rings is 3. The molecular formula is C34H36N2. The van der Waals surface area contributed by atoms with Crippen LogP contribution in [-0.2, 0) is 0 Å². The summed E-state index contributed by atoms with van der Waals surface area (Å²) in [5.74, 6) is 0. The van der Waals surface area contributed by atoms with E-state index in [1.807, 2.05) is 0 Å². The van der Waals surface area contributed by atoms with Gasteiger partial charge in [0.05, 0.1) is 11.1 Å². The summed E-state index contributed by atoms with van der Waals surface area (Å²) in [6, 6.07) is 30.6. The van der Waals surface area contributed by atoms with Gasteiger partial charge >= 0.3 is 0 Å². The van der Waals surface area contributed by atoms with E-state index in [1.165, 1.54) is 33.9 Å². The van der Waals surface area contributed by atoms with Crippen LogP contribution in [-0.4, -0.2) is 11.1 Å². The van der Waals surface area contributed by atoms with Crippen molar-refractivity contribution >= 4 is 22.7 Å². The molecule has 0 heterocycles. The minimum atomic E-state index is -0.138. The van der Waals surface area contributed by atoms with Gasteiger partial charge in [0.2, 0.25) is 0 Å². The number of para-hydroxylation sites is 2. The molecule has 0 saturated carbocycles. The summed E-state index contributed by atoms with van der Waals surface area (Å²) in [6.45, 7) is 9.11. The summed E-state index contributed by atoms with van der Waals surface area (Å²) in [6.07, 6.45) is 15.5. The summed E-state index contributed by atoms with van der Waals surface area (Å²) in [7, 11) is 0. The lowest BCUT2D eigenvalue weighted by atomic mass is 9.85. The first kappa shape index (κ1) is 23.9. The van der Waals surface area contributed by atoms with E-state index in [1.54, 1.807) is 0 Å². The summed E-state index contributed by atoms with van der Waals surface area (Å²) in [5.41, 5.74) is 7.31. The Morgan fingerprint density at radius 2 is 0.833 bits per heavy atom. The third kappa shape index (κ3) is 4.68. The zero-order valence-electron chi connectivity index (χ0n) is 21.9. The van der Waals surface area contributed by atoms with Crippen molar-refractivity contribution in [2.24, 2.45) is 0 Å². The van der Waals surface area contributed by atoms with E-state index in [-0.39, 0.29) is 11.1 Å². The maximum atomic E-state index is 2.48. The van der Waals surface area contributed by atoms with Crippen molar-refractivity contribution in [1.29, 1.82) is 0 Å². The van der Waals surface area contributed by atoms with Crippen LogP contribution < -0.4 is 9.80 Å². The molecule has 0 aromatic heterocycles. The summed E-state index contributed by atoms with van der Waals surface area (Å²) in [4.78, 5) is 4.96. The first-order valence-electron chi connectivity index (χ1n) is 12.9. The van der Waals surface area contributed by atoms with Crippen molar-refractivity contribution in [2.45, 2.75) is 51.6 Å². The predicted molar refractivity (Wildman–Crippen MR) is 155 cm³/mol. The van der Waals surface area contributed by atoms with Crippen LogP contribution in [0.1, 0.15) is 40.5 Å². The molecule has 0 amide bonds. The highest BCUT2D eigenvalue weighted by atomic mass is 15.2. The van der Waals surface area contributed by atoms with E-state index in [2.05, 4.69) is 159 Å². The first-order valence-corrected chi connectivity index (χ1v) is 12.9. The molecule has 182 valence electrons. The molecular weight excluding hydrogens is 436 g/mol. The Kier molecular flexibility index (Phi) is 6.45. The van der Waals surface area contributed by atoms with Gasteiger partial charge in [0.15, 0.2) is 0 Å². The van der Waals surface area contributed by atoms with E-state index in [4.69, 9.17) is 0 Å². The Hall–Kier alpha value is -3.78. The van der Waals surface area contributed by atoms with E-state index >= 15 is 0 Å². The standard InChI is InChI=1S/C34H36N2/c1-27-13-11-23-33(3,25-27)35(29-15-7-5-8-16-29)31-19-21-32(22-20-31)36(30-17-9-6-10-18-30)34(4)24-12-14-28(2)26-34/h5-24H,25-26H2,1-4H3. The minimum absolute atomic E-state index is 0.138. The highest BCUT2D eigenvalue weighted by Crippen LogP contribution is 2.43. The topological polar surface area (TPSA) is 6.48 Å². The molecule has 2 aliphatic rings. The molecule has 2 aliphatic carbocycles. The van der Waals surface area contributed by atoms with Crippen LogP contribution in [0.2, 0.25) is 0 Å². The van der Waals surface area contributed by atoms with Gasteiger partial charge in [-0.05, 0) is 89.1 Å². The van der Waals surface area contributed by atoms with Crippen LogP contribution in [0, 0.1) is 0 Å². The Bertz CT molecular complexity index is 1210. The number of hydrogen-bond acceptors (Lipinski definition) is 2. The van der Waals surface area contributed by atoms with Crippen molar-refractivity contribution in [3.05, 3.63) is 133 Å². The van der Waals surface area contributed by atoms with Gasteiger partial charge in [-0.3, -0.25) is 0 Å². The van der Waals surface area contributed by atoms with Gasteiger partial charge in [0.1, 0.15) is 0 Å². The summed E-state index contributed by atoms with van der Waals surface area (Å²) in [5, 5.41) is 0. The quantitative estimate of drug-likeness (QED) is 0.353. The van der Waals surface area contributed by atoms with Crippen molar-refractivity contribution in [2.75, 3.05) is 9.80 Å². The van der Waals surface area contributed by atoms with Gasteiger partial charge < -0.3 is 9.80 Å². The fraction of sp³-hybridized carbons (Fsp3) is 0.235. The minimum Gasteiger partial charge on any atom is -0.332 e. The molecule has 3 aromatic carbocycles. The molecule has 0 fully saturated rings. The van der Waals surface area contributed by atoms with E-state index in [0.717, 1.165) is 12.8 Å². The largest absolute Gasteiger partial charge is 0.332 e. The average molecular weight is 473 g/mol. The second-order valence-corrected chi connectivity index (χ2v) is 10.7. The molecule has 3 aromatic rings. The molecule has 5 rings (SSSR count). The molecule has 2 heteroatoms. The number of rotatable bonds is 6. The second-order valence-electron chi connectivity index (χ2n) is 10.7. The molecule has 0 N–H and O–H groups in total. The van der Waals surface area contributed by atoms with Crippen LogP contribution in [0.4, 0.5) is 22.7 Å². The zero-order chi connectivity index (χ0) is 25.2. The van der Waals surface area contributed by atoms with Gasteiger partial charge in [-0.1, -0.05) is 84.0 Å². The van der Waals surface area contributed by atoms with Crippen molar-refractivity contribution in [3.8, 4) is 0 Å². The van der Waals surface area contributed by atoms with E-state index in [0.29, 0.717) is 0 Å². The Labute approximate surface area is 216 Å². The fourth-order valence-corrected chi connectivity index (χ4v) is 5.89. The summed E-state index contributed by atoms with van der Waals surface area (Å²) < 4.78 is 0. The molecule has 0 spiro atoms. The van der Waals surface area contributed by atoms with Crippen molar-refractivity contribution in [1.82, 2.24) is 0 Å². The van der Waals surface area contributed by atoms with Crippen LogP contribution in [0.25, 0.3) is 0 Å². The lowest BCUT2D eigenvalue weighted by Crippen LogP contribution is -2.43. The molecule has 2 atom stereocenters. The number of nitrogens with zero attached hydrogens (tertiary/aromatic N) is 2. The lowest BCUT2D eigenvalue weighted by molar-refractivity contribution is 0.551. The van der Waals surface area contributed by atoms with Crippen LogP contribution in [0.3, 0.4) is 0 Å². The van der Waals surface area contributed by atoms with Gasteiger partial charge in [-0.15, -0.1) is 0 Å². The van der Waals surface area contributed by atoms with Crippen LogP contribution in [0.15, 0.2) is 133 Å². The number of hydrogen-bond donors (Lipinski definition) is 0. The maximum Gasteiger partial charge on any atom is 0.0645 e. The number of anilines is 4. The molecule has 2 unspecified atom stereocenters. The fourth-order valence-electron chi connectivity index (χ4n) is 5.89. The van der Waals surface area contributed by atoms with Crippen LogP contribution in [0.5, 0.6) is 0 Å². The monoisotopic (exact) mass is 472 g/mol. The maximum absolute atomic E-state index is 2.48. The van der Waals surface area contributed by atoms with Gasteiger partial charge in [0, 0.05) is 22.7 Å². The molecule has 0 aliphatic heterocycles. The highest BCUT2D eigenvalue weighted by Gasteiger charge is 2.34. The predicted octanol–water partition coefficient (Wildman–Crippen LogP) is 9.29. The summed E-state index contributed by atoms with van der Waals surface area (Å²) >= 11 is 0. The highest BCUT2D eigenvalue weighted by molar-refractivity contribution is 5.73. The Morgan fingerprint density at radius 3 is 1.17 bits per heavy atom. The van der Waals surface area contributed by atoms with Crippen molar-refractivity contribution < 1.29 is 0 Å². The van der Waals surface area contributed by atoms with Gasteiger partial charge in [-0.2, -0.15) is 0 Å². The van der Waals surface area contributed by atoms with Gasteiger partial charge in [-0.25, -0.2) is 0 Å². The van der Waals surface area contributed by atoms with Crippen molar-refractivity contribution in [3.63, 3.8) is 0 Å². The third-order valence-corrected chi connectivity index (χ3v) is 7.36. The molecule has 0 saturated heterocycles. The normalized spacial score (nSPS) is 23.1. The van der Waals surface area contributed by atoms with E-state index in [9.17, 15) is 0 Å². The second kappa shape index (κ2) is 9.70. The van der Waals surface area contributed by atoms with E-state index < -0.39 is 0 Å². The van der Waals surface area contributed by atoms with Crippen LogP contribution >= 0.6 is 0 Å². The average Bonchev–Trinajstić information content (AvgIpc) is 2.86. The Balaban J connectivity index is 1.57. The first-order chi connectivity index (χ1) is 17.4. The Morgan fingerprint density at radius 1 is 0.500 bits per heavy atom. The molecule has 0 radical (unpaired) electrons. The molecule has 0 bridgehead atoms. The third-order valence-electron chi connectivity index (χ3n) is 7.36. The number of allylic oxidation sites excluding steroid dienone is 4. The SMILES string of the molecule is CC1=CC=CC(C)(N(c2ccccc2)c2ccc(N(c3ccccc3)C3(C)C=CC=C(C)C3)cc2)C1.